The Balaban J connectivity index is 2.04. The van der Waals surface area contributed by atoms with Crippen molar-refractivity contribution < 1.29 is 0 Å². The predicted molar refractivity (Wildman–Crippen MR) is 76.9 cm³/mol. The first-order valence-corrected chi connectivity index (χ1v) is 7.41. The molecule has 2 rings (SSSR count). The van der Waals surface area contributed by atoms with Crippen molar-refractivity contribution in [1.82, 2.24) is 19.3 Å². The molecule has 0 N–H and O–H groups in total. The standard InChI is InChI=1S/C13H20N4S/c1-4-18-10-11(2)16(3)9-12-7-15-13-8-14-5-6-17(12)13/h5-8,11H,4,9-10H2,1-3H3. The summed E-state index contributed by atoms with van der Waals surface area (Å²) in [6.07, 6.45) is 7.50. The molecule has 0 aliphatic heterocycles. The zero-order chi connectivity index (χ0) is 13.0. The van der Waals surface area contributed by atoms with Crippen molar-refractivity contribution in [2.75, 3.05) is 18.6 Å². The Bertz CT molecular complexity index is 496. The lowest BCUT2D eigenvalue weighted by atomic mass is 10.3. The van der Waals surface area contributed by atoms with Crippen LogP contribution in [0.5, 0.6) is 0 Å². The fourth-order valence-corrected chi connectivity index (χ4v) is 2.67. The highest BCUT2D eigenvalue weighted by Crippen LogP contribution is 2.12. The number of imidazole rings is 1. The minimum atomic E-state index is 0.572. The van der Waals surface area contributed by atoms with E-state index in [2.05, 4.69) is 40.2 Å². The second-order valence-corrected chi connectivity index (χ2v) is 5.80. The fourth-order valence-electron chi connectivity index (χ4n) is 1.84. The van der Waals surface area contributed by atoms with E-state index in [0.29, 0.717) is 6.04 Å². The maximum Gasteiger partial charge on any atom is 0.155 e. The molecule has 0 bridgehead atoms. The van der Waals surface area contributed by atoms with Crippen molar-refractivity contribution >= 4 is 17.4 Å². The van der Waals surface area contributed by atoms with Gasteiger partial charge in [0.15, 0.2) is 5.65 Å². The molecule has 0 fully saturated rings. The van der Waals surface area contributed by atoms with E-state index in [4.69, 9.17) is 0 Å². The normalized spacial score (nSPS) is 13.3. The van der Waals surface area contributed by atoms with Crippen LogP contribution in [0.3, 0.4) is 0 Å². The maximum atomic E-state index is 4.36. The number of nitrogens with zero attached hydrogens (tertiary/aromatic N) is 4. The lowest BCUT2D eigenvalue weighted by molar-refractivity contribution is 0.266. The highest BCUT2D eigenvalue weighted by atomic mass is 32.2. The SMILES string of the molecule is CCSCC(C)N(C)Cc1cnc2cnccn12. The van der Waals surface area contributed by atoms with Crippen LogP contribution in [0.4, 0.5) is 0 Å². The number of thioether (sulfide) groups is 1. The van der Waals surface area contributed by atoms with Crippen LogP contribution in [0.2, 0.25) is 0 Å². The van der Waals surface area contributed by atoms with Crippen molar-refractivity contribution in [3.63, 3.8) is 0 Å². The topological polar surface area (TPSA) is 33.4 Å². The third-order valence-electron chi connectivity index (χ3n) is 3.12. The number of fused-ring (bicyclic) bond motifs is 1. The summed E-state index contributed by atoms with van der Waals surface area (Å²) in [5, 5.41) is 0. The van der Waals surface area contributed by atoms with Gasteiger partial charge < -0.3 is 0 Å². The smallest absolute Gasteiger partial charge is 0.155 e. The molecule has 1 atom stereocenters. The van der Waals surface area contributed by atoms with Crippen molar-refractivity contribution in [3.05, 3.63) is 30.5 Å². The van der Waals surface area contributed by atoms with E-state index in [0.717, 1.165) is 12.2 Å². The van der Waals surface area contributed by atoms with Crippen molar-refractivity contribution in [1.29, 1.82) is 0 Å². The van der Waals surface area contributed by atoms with E-state index in [1.807, 2.05) is 24.2 Å². The molecule has 0 saturated carbocycles. The molecule has 4 nitrogen and oxygen atoms in total. The van der Waals surface area contributed by atoms with E-state index < -0.39 is 0 Å². The van der Waals surface area contributed by atoms with Crippen LogP contribution in [-0.4, -0.2) is 43.9 Å². The van der Waals surface area contributed by atoms with Gasteiger partial charge in [-0.2, -0.15) is 11.8 Å². The Hall–Kier alpha value is -1.07. The average Bonchev–Trinajstić information content (AvgIpc) is 2.79. The molecule has 18 heavy (non-hydrogen) atoms. The summed E-state index contributed by atoms with van der Waals surface area (Å²) in [5.74, 6) is 2.35. The average molecular weight is 264 g/mol. The van der Waals surface area contributed by atoms with Gasteiger partial charge in [0.1, 0.15) is 0 Å². The number of rotatable bonds is 6. The van der Waals surface area contributed by atoms with Gasteiger partial charge in [0.2, 0.25) is 0 Å². The van der Waals surface area contributed by atoms with E-state index in [1.165, 1.54) is 17.2 Å². The van der Waals surface area contributed by atoms with Crippen LogP contribution in [0.1, 0.15) is 19.5 Å². The monoisotopic (exact) mass is 264 g/mol. The molecule has 0 spiro atoms. The lowest BCUT2D eigenvalue weighted by Gasteiger charge is -2.23. The highest BCUT2D eigenvalue weighted by molar-refractivity contribution is 7.99. The molecule has 2 aromatic heterocycles. The maximum absolute atomic E-state index is 4.36. The van der Waals surface area contributed by atoms with Gasteiger partial charge in [-0.05, 0) is 19.7 Å². The van der Waals surface area contributed by atoms with Crippen LogP contribution in [-0.2, 0) is 6.54 Å². The Morgan fingerprint density at radius 3 is 3.06 bits per heavy atom. The summed E-state index contributed by atoms with van der Waals surface area (Å²) in [6, 6.07) is 0.572. The number of aromatic nitrogens is 3. The molecule has 5 heteroatoms. The molecule has 0 amide bonds. The van der Waals surface area contributed by atoms with Gasteiger partial charge in [0.25, 0.3) is 0 Å². The van der Waals surface area contributed by atoms with E-state index >= 15 is 0 Å². The minimum Gasteiger partial charge on any atom is -0.300 e. The molecule has 0 aromatic carbocycles. The molecule has 98 valence electrons. The molecule has 0 aliphatic rings. The first-order valence-electron chi connectivity index (χ1n) is 6.26. The molecular weight excluding hydrogens is 244 g/mol. The second-order valence-electron chi connectivity index (χ2n) is 4.48. The van der Waals surface area contributed by atoms with Gasteiger partial charge in [-0.3, -0.25) is 14.3 Å². The van der Waals surface area contributed by atoms with Crippen molar-refractivity contribution in [3.8, 4) is 0 Å². The summed E-state index contributed by atoms with van der Waals surface area (Å²) in [5.41, 5.74) is 2.12. The Morgan fingerprint density at radius 2 is 2.28 bits per heavy atom. The van der Waals surface area contributed by atoms with Gasteiger partial charge in [0.05, 0.1) is 18.1 Å². The van der Waals surface area contributed by atoms with Crippen LogP contribution >= 0.6 is 11.8 Å². The first kappa shape index (κ1) is 13.4. The molecule has 0 aliphatic carbocycles. The van der Waals surface area contributed by atoms with Crippen LogP contribution in [0.15, 0.2) is 24.8 Å². The zero-order valence-corrected chi connectivity index (χ0v) is 12.0. The summed E-state index contributed by atoms with van der Waals surface area (Å²) >= 11 is 1.99. The number of hydrogen-bond acceptors (Lipinski definition) is 4. The van der Waals surface area contributed by atoms with Crippen LogP contribution in [0.25, 0.3) is 5.65 Å². The molecule has 0 saturated heterocycles. The largest absolute Gasteiger partial charge is 0.300 e. The molecule has 2 heterocycles. The van der Waals surface area contributed by atoms with E-state index in [-0.39, 0.29) is 0 Å². The quantitative estimate of drug-likeness (QED) is 0.801. The fraction of sp³-hybridized carbons (Fsp3) is 0.538. The van der Waals surface area contributed by atoms with E-state index in [9.17, 15) is 0 Å². The van der Waals surface area contributed by atoms with Crippen LogP contribution < -0.4 is 0 Å². The van der Waals surface area contributed by atoms with Crippen molar-refractivity contribution in [2.24, 2.45) is 0 Å². The van der Waals surface area contributed by atoms with Gasteiger partial charge in [-0.1, -0.05) is 6.92 Å². The van der Waals surface area contributed by atoms with Gasteiger partial charge in [-0.25, -0.2) is 4.98 Å². The Morgan fingerprint density at radius 1 is 1.44 bits per heavy atom. The Kier molecular flexibility index (Phi) is 4.60. The molecule has 2 aromatic rings. The van der Waals surface area contributed by atoms with Crippen molar-refractivity contribution in [2.45, 2.75) is 26.4 Å². The van der Waals surface area contributed by atoms with Crippen LogP contribution in [0, 0.1) is 0 Å². The van der Waals surface area contributed by atoms with Gasteiger partial charge in [0, 0.05) is 30.7 Å². The van der Waals surface area contributed by atoms with Gasteiger partial charge >= 0.3 is 0 Å². The third kappa shape index (κ3) is 3.03. The highest BCUT2D eigenvalue weighted by Gasteiger charge is 2.11. The summed E-state index contributed by atoms with van der Waals surface area (Å²) < 4.78 is 2.10. The Labute approximate surface area is 112 Å². The second kappa shape index (κ2) is 6.20. The third-order valence-corrected chi connectivity index (χ3v) is 4.25. The summed E-state index contributed by atoms with van der Waals surface area (Å²) in [6.45, 7) is 5.39. The molecular formula is C13H20N4S. The predicted octanol–water partition coefficient (Wildman–Crippen LogP) is 2.30. The number of hydrogen-bond donors (Lipinski definition) is 0. The lowest BCUT2D eigenvalue weighted by Crippen LogP contribution is -2.31. The first-order chi connectivity index (χ1) is 8.72. The molecule has 0 radical (unpaired) electrons. The summed E-state index contributed by atoms with van der Waals surface area (Å²) in [4.78, 5) is 10.8. The summed E-state index contributed by atoms with van der Waals surface area (Å²) in [7, 11) is 2.17. The van der Waals surface area contributed by atoms with Gasteiger partial charge in [-0.15, -0.1) is 0 Å². The van der Waals surface area contributed by atoms with E-state index in [1.54, 1.807) is 12.4 Å². The molecule has 1 unspecified atom stereocenters. The zero-order valence-electron chi connectivity index (χ0n) is 11.2. The minimum absolute atomic E-state index is 0.572.